The minimum Gasteiger partial charge on any atom is -0.475 e. The maximum Gasteiger partial charge on any atom is 0.490 e. The van der Waals surface area contributed by atoms with E-state index in [1.54, 1.807) is 23.4 Å². The summed E-state index contributed by atoms with van der Waals surface area (Å²) in [5.74, 6) is -1.15. The third-order valence-electron chi connectivity index (χ3n) is 4.27. The number of hydrogen-bond acceptors (Lipinski definition) is 5. The lowest BCUT2D eigenvalue weighted by molar-refractivity contribution is -0.192. The molecule has 3 aromatic rings. The standard InChI is InChI=1S/C17H16N4O2.C2HF3O2/c1-12-4-2-5-13(19-12)17(22)20-7-8-21-14(10-18-16(21)11-20)15-6-3-9-23-15;3-2(4,5)1(6)7/h2-6,9-10H,7-8,11H2,1H3;(H,6,7). The third kappa shape index (κ3) is 4.67. The number of alkyl halides is 3. The Hall–Kier alpha value is -3.63. The van der Waals surface area contributed by atoms with E-state index in [9.17, 15) is 18.0 Å². The first kappa shape index (κ1) is 21.1. The Balaban J connectivity index is 0.000000318. The van der Waals surface area contributed by atoms with Crippen LogP contribution < -0.4 is 0 Å². The van der Waals surface area contributed by atoms with E-state index in [0.29, 0.717) is 25.3 Å². The van der Waals surface area contributed by atoms with Gasteiger partial charge in [-0.2, -0.15) is 13.2 Å². The number of imidazole rings is 1. The van der Waals surface area contributed by atoms with Gasteiger partial charge in [-0.1, -0.05) is 6.07 Å². The minimum atomic E-state index is -5.08. The molecule has 0 saturated heterocycles. The number of pyridine rings is 1. The summed E-state index contributed by atoms with van der Waals surface area (Å²) in [6, 6.07) is 9.27. The lowest BCUT2D eigenvalue weighted by Crippen LogP contribution is -2.39. The number of aliphatic carboxylic acids is 1. The Labute approximate surface area is 168 Å². The lowest BCUT2D eigenvalue weighted by Gasteiger charge is -2.28. The molecule has 0 spiro atoms. The average Bonchev–Trinajstić information content (AvgIpc) is 3.36. The van der Waals surface area contributed by atoms with Gasteiger partial charge in [-0.3, -0.25) is 4.79 Å². The van der Waals surface area contributed by atoms with E-state index in [-0.39, 0.29) is 5.91 Å². The van der Waals surface area contributed by atoms with Crippen LogP contribution in [0.5, 0.6) is 0 Å². The first-order chi connectivity index (χ1) is 14.2. The van der Waals surface area contributed by atoms with Crippen molar-refractivity contribution in [2.24, 2.45) is 0 Å². The largest absolute Gasteiger partial charge is 0.490 e. The number of hydrogen-bond donors (Lipinski definition) is 1. The van der Waals surface area contributed by atoms with Crippen LogP contribution in [-0.2, 0) is 17.9 Å². The highest BCUT2D eigenvalue weighted by molar-refractivity contribution is 5.92. The van der Waals surface area contributed by atoms with E-state index in [1.807, 2.05) is 31.2 Å². The van der Waals surface area contributed by atoms with E-state index < -0.39 is 12.1 Å². The molecule has 0 aliphatic carbocycles. The molecule has 1 aliphatic heterocycles. The van der Waals surface area contributed by atoms with Gasteiger partial charge in [0.05, 0.1) is 19.0 Å². The second-order valence-corrected chi connectivity index (χ2v) is 6.38. The summed E-state index contributed by atoms with van der Waals surface area (Å²) < 4.78 is 39.3. The fourth-order valence-corrected chi connectivity index (χ4v) is 2.88. The average molecular weight is 422 g/mol. The maximum absolute atomic E-state index is 12.6. The summed E-state index contributed by atoms with van der Waals surface area (Å²) in [6.45, 7) is 3.69. The van der Waals surface area contributed by atoms with Crippen LogP contribution in [0.4, 0.5) is 13.2 Å². The Bertz CT molecular complexity index is 1040. The minimum absolute atomic E-state index is 0.0532. The molecule has 1 N–H and O–H groups in total. The zero-order valence-electron chi connectivity index (χ0n) is 15.8. The van der Waals surface area contributed by atoms with Crippen molar-refractivity contribution >= 4 is 11.9 Å². The first-order valence-electron chi connectivity index (χ1n) is 8.78. The van der Waals surface area contributed by atoms with E-state index in [1.165, 1.54) is 0 Å². The van der Waals surface area contributed by atoms with E-state index in [4.69, 9.17) is 14.3 Å². The van der Waals surface area contributed by atoms with Gasteiger partial charge in [0.25, 0.3) is 5.91 Å². The number of rotatable bonds is 2. The number of aryl methyl sites for hydroxylation is 1. The molecule has 4 rings (SSSR count). The highest BCUT2D eigenvalue weighted by atomic mass is 19.4. The molecule has 8 nitrogen and oxygen atoms in total. The van der Waals surface area contributed by atoms with Crippen molar-refractivity contribution < 1.29 is 32.3 Å². The summed E-state index contributed by atoms with van der Waals surface area (Å²) in [7, 11) is 0. The molecule has 0 unspecified atom stereocenters. The summed E-state index contributed by atoms with van der Waals surface area (Å²) in [4.78, 5) is 32.1. The van der Waals surface area contributed by atoms with Crippen LogP contribution in [-0.4, -0.2) is 49.1 Å². The van der Waals surface area contributed by atoms with Crippen molar-refractivity contribution in [1.29, 1.82) is 0 Å². The van der Waals surface area contributed by atoms with E-state index in [0.717, 1.165) is 23.0 Å². The van der Waals surface area contributed by atoms with Crippen molar-refractivity contribution in [2.75, 3.05) is 6.54 Å². The summed E-state index contributed by atoms with van der Waals surface area (Å²) in [6.07, 6.45) is -1.63. The predicted octanol–water partition coefficient (Wildman–Crippen LogP) is 3.14. The fraction of sp³-hybridized carbons (Fsp3) is 0.263. The third-order valence-corrected chi connectivity index (χ3v) is 4.27. The van der Waals surface area contributed by atoms with Gasteiger partial charge in [0.15, 0.2) is 5.76 Å². The fourth-order valence-electron chi connectivity index (χ4n) is 2.88. The normalized spacial score (nSPS) is 13.3. The number of carbonyl (C=O) groups is 2. The van der Waals surface area contributed by atoms with Gasteiger partial charge in [0, 0.05) is 18.8 Å². The number of carbonyl (C=O) groups excluding carboxylic acids is 1. The molecule has 1 amide bonds. The molecule has 30 heavy (non-hydrogen) atoms. The second-order valence-electron chi connectivity index (χ2n) is 6.38. The molecular weight excluding hydrogens is 405 g/mol. The molecule has 1 aliphatic rings. The predicted molar refractivity (Wildman–Crippen MR) is 97.3 cm³/mol. The SMILES string of the molecule is Cc1cccc(C(=O)N2CCn3c(-c4ccco4)cnc3C2)n1.O=C(O)C(F)(F)F. The first-order valence-corrected chi connectivity index (χ1v) is 8.78. The number of furan rings is 1. The molecule has 0 aromatic carbocycles. The second kappa shape index (κ2) is 8.39. The Morgan fingerprint density at radius 1 is 1.17 bits per heavy atom. The number of fused-ring (bicyclic) bond motifs is 1. The van der Waals surface area contributed by atoms with Crippen LogP contribution in [0.3, 0.4) is 0 Å². The number of carboxylic acid groups (broad SMARTS) is 1. The van der Waals surface area contributed by atoms with Crippen LogP contribution in [0, 0.1) is 6.92 Å². The zero-order chi connectivity index (χ0) is 21.9. The van der Waals surface area contributed by atoms with Crippen LogP contribution in [0.15, 0.2) is 47.2 Å². The number of halogens is 3. The molecule has 3 aromatic heterocycles. The Kier molecular flexibility index (Phi) is 5.90. The van der Waals surface area contributed by atoms with Gasteiger partial charge in [0.1, 0.15) is 17.2 Å². The summed E-state index contributed by atoms with van der Waals surface area (Å²) in [5, 5.41) is 7.12. The zero-order valence-corrected chi connectivity index (χ0v) is 15.8. The molecule has 0 radical (unpaired) electrons. The molecule has 11 heteroatoms. The van der Waals surface area contributed by atoms with Crippen molar-refractivity contribution in [2.45, 2.75) is 26.2 Å². The quantitative estimate of drug-likeness (QED) is 0.681. The van der Waals surface area contributed by atoms with Gasteiger partial charge < -0.3 is 19.0 Å². The highest BCUT2D eigenvalue weighted by Gasteiger charge is 2.38. The van der Waals surface area contributed by atoms with Gasteiger partial charge in [-0.05, 0) is 31.2 Å². The number of amides is 1. The van der Waals surface area contributed by atoms with E-state index >= 15 is 0 Å². The van der Waals surface area contributed by atoms with Crippen LogP contribution >= 0.6 is 0 Å². The van der Waals surface area contributed by atoms with Crippen LogP contribution in [0.2, 0.25) is 0 Å². The van der Waals surface area contributed by atoms with E-state index in [2.05, 4.69) is 14.5 Å². The topological polar surface area (TPSA) is 101 Å². The van der Waals surface area contributed by atoms with Gasteiger partial charge >= 0.3 is 12.1 Å². The summed E-state index contributed by atoms with van der Waals surface area (Å²) in [5.41, 5.74) is 2.27. The van der Waals surface area contributed by atoms with Crippen molar-refractivity contribution in [3.05, 3.63) is 60.0 Å². The molecule has 158 valence electrons. The molecule has 0 atom stereocenters. The Morgan fingerprint density at radius 2 is 1.90 bits per heavy atom. The number of aromatic nitrogens is 3. The number of carboxylic acids is 1. The van der Waals surface area contributed by atoms with Crippen LogP contribution in [0.25, 0.3) is 11.5 Å². The monoisotopic (exact) mass is 422 g/mol. The Morgan fingerprint density at radius 3 is 2.50 bits per heavy atom. The highest BCUT2D eigenvalue weighted by Crippen LogP contribution is 2.24. The van der Waals surface area contributed by atoms with Crippen molar-refractivity contribution in [3.8, 4) is 11.5 Å². The maximum atomic E-state index is 12.6. The molecule has 0 saturated carbocycles. The smallest absolute Gasteiger partial charge is 0.475 e. The summed E-state index contributed by atoms with van der Waals surface area (Å²) >= 11 is 0. The van der Waals surface area contributed by atoms with Gasteiger partial charge in [-0.15, -0.1) is 0 Å². The molecular formula is C19H17F3N4O4. The van der Waals surface area contributed by atoms with Crippen molar-refractivity contribution in [3.63, 3.8) is 0 Å². The number of nitrogens with zero attached hydrogens (tertiary/aromatic N) is 4. The molecule has 0 fully saturated rings. The van der Waals surface area contributed by atoms with Gasteiger partial charge in [-0.25, -0.2) is 14.8 Å². The van der Waals surface area contributed by atoms with Crippen LogP contribution in [0.1, 0.15) is 22.0 Å². The molecule has 0 bridgehead atoms. The lowest BCUT2D eigenvalue weighted by atomic mass is 10.2. The van der Waals surface area contributed by atoms with Crippen molar-refractivity contribution in [1.82, 2.24) is 19.4 Å². The van der Waals surface area contributed by atoms with Gasteiger partial charge in [0.2, 0.25) is 0 Å². The molecule has 4 heterocycles.